The predicted molar refractivity (Wildman–Crippen MR) is 126 cm³/mol. The number of carbonyl (C=O) groups excluding carboxylic acids is 3. The van der Waals surface area contributed by atoms with Gasteiger partial charge in [0.15, 0.2) is 0 Å². The van der Waals surface area contributed by atoms with Crippen molar-refractivity contribution in [2.24, 2.45) is 0 Å². The third-order valence-corrected chi connectivity index (χ3v) is 5.44. The molecule has 1 N–H and O–H groups in total. The number of amides is 4. The van der Waals surface area contributed by atoms with Crippen LogP contribution in [-0.4, -0.2) is 29.4 Å². The van der Waals surface area contributed by atoms with Gasteiger partial charge in [-0.05, 0) is 42.8 Å². The van der Waals surface area contributed by atoms with Crippen LogP contribution in [0.2, 0.25) is 0 Å². The molecule has 0 radical (unpaired) electrons. The number of imide groups is 2. The van der Waals surface area contributed by atoms with Gasteiger partial charge in [-0.15, -0.1) is 0 Å². The molecular weight excluding hydrogens is 494 g/mol. The number of barbiturate groups is 1. The molecule has 1 aliphatic heterocycles. The van der Waals surface area contributed by atoms with Gasteiger partial charge in [0, 0.05) is 22.2 Å². The summed E-state index contributed by atoms with van der Waals surface area (Å²) in [4.78, 5) is 49.0. The van der Waals surface area contributed by atoms with Crippen LogP contribution in [0.25, 0.3) is 6.08 Å². The number of nitro benzene ring substituents is 1. The normalized spacial score (nSPS) is 15.0. The molecule has 1 aliphatic rings. The number of rotatable bonds is 9. The molecule has 10 heteroatoms. The first-order valence-electron chi connectivity index (χ1n) is 10.4. The van der Waals surface area contributed by atoms with E-state index in [0.29, 0.717) is 17.9 Å². The number of nitrogens with zero attached hydrogens (tertiary/aromatic N) is 2. The van der Waals surface area contributed by atoms with Crippen molar-refractivity contribution in [3.05, 3.63) is 68.2 Å². The Morgan fingerprint density at radius 2 is 1.82 bits per heavy atom. The van der Waals surface area contributed by atoms with Crippen molar-refractivity contribution in [1.29, 1.82) is 0 Å². The second kappa shape index (κ2) is 10.9. The van der Waals surface area contributed by atoms with Crippen LogP contribution in [0.15, 0.2) is 52.5 Å². The molecule has 1 fully saturated rings. The fourth-order valence-corrected chi connectivity index (χ4v) is 3.62. The standard InChI is InChI=1S/C23H22BrN3O6/c1-2-3-4-5-12-33-20-11-6-16(24)13-15(20)14-19-21(28)25-23(30)26(22(19)29)17-7-9-18(10-8-17)27(31)32/h6-11,13-14H,2-5,12H2,1H3,(H,25,28,30)/b19-14-. The smallest absolute Gasteiger partial charge is 0.335 e. The molecule has 172 valence electrons. The summed E-state index contributed by atoms with van der Waals surface area (Å²) < 4.78 is 6.59. The van der Waals surface area contributed by atoms with E-state index in [9.17, 15) is 24.5 Å². The van der Waals surface area contributed by atoms with E-state index in [4.69, 9.17) is 4.74 Å². The Hall–Kier alpha value is -3.53. The molecule has 0 atom stereocenters. The van der Waals surface area contributed by atoms with E-state index < -0.39 is 22.8 Å². The molecule has 0 bridgehead atoms. The third-order valence-electron chi connectivity index (χ3n) is 4.95. The number of urea groups is 1. The molecule has 2 aromatic rings. The van der Waals surface area contributed by atoms with Crippen molar-refractivity contribution in [2.75, 3.05) is 11.5 Å². The van der Waals surface area contributed by atoms with Crippen LogP contribution < -0.4 is 15.0 Å². The number of ether oxygens (including phenoxy) is 1. The lowest BCUT2D eigenvalue weighted by Crippen LogP contribution is -2.54. The van der Waals surface area contributed by atoms with E-state index in [-0.39, 0.29) is 16.9 Å². The van der Waals surface area contributed by atoms with Crippen LogP contribution in [0.3, 0.4) is 0 Å². The summed E-state index contributed by atoms with van der Waals surface area (Å²) in [5.41, 5.74) is 0.145. The minimum atomic E-state index is -0.933. The minimum absolute atomic E-state index is 0.100. The number of unbranched alkanes of at least 4 members (excludes halogenated alkanes) is 3. The van der Waals surface area contributed by atoms with Crippen molar-refractivity contribution in [2.45, 2.75) is 32.6 Å². The van der Waals surface area contributed by atoms with Crippen LogP contribution in [0, 0.1) is 10.1 Å². The van der Waals surface area contributed by atoms with Crippen LogP contribution >= 0.6 is 15.9 Å². The maximum absolute atomic E-state index is 13.1. The fraction of sp³-hybridized carbons (Fsp3) is 0.261. The molecule has 0 spiro atoms. The number of anilines is 1. The highest BCUT2D eigenvalue weighted by Crippen LogP contribution is 2.29. The van der Waals surface area contributed by atoms with Crippen LogP contribution in [0.1, 0.15) is 38.2 Å². The van der Waals surface area contributed by atoms with Gasteiger partial charge in [-0.2, -0.15) is 0 Å². The average Bonchev–Trinajstić information content (AvgIpc) is 2.78. The Labute approximate surface area is 198 Å². The molecule has 33 heavy (non-hydrogen) atoms. The van der Waals surface area contributed by atoms with Crippen molar-refractivity contribution in [3.63, 3.8) is 0 Å². The zero-order valence-corrected chi connectivity index (χ0v) is 19.5. The molecule has 0 aliphatic carbocycles. The first-order chi connectivity index (χ1) is 15.8. The highest BCUT2D eigenvalue weighted by atomic mass is 79.9. The maximum atomic E-state index is 13.1. The largest absolute Gasteiger partial charge is 0.493 e. The summed E-state index contributed by atoms with van der Waals surface area (Å²) in [5.74, 6) is -1.18. The first-order valence-corrected chi connectivity index (χ1v) is 11.2. The lowest BCUT2D eigenvalue weighted by molar-refractivity contribution is -0.384. The van der Waals surface area contributed by atoms with E-state index >= 15 is 0 Å². The van der Waals surface area contributed by atoms with Crippen molar-refractivity contribution < 1.29 is 24.0 Å². The Kier molecular flexibility index (Phi) is 7.94. The van der Waals surface area contributed by atoms with Gasteiger partial charge in [0.25, 0.3) is 17.5 Å². The molecule has 1 saturated heterocycles. The maximum Gasteiger partial charge on any atom is 0.335 e. The first kappa shape index (κ1) is 24.1. The van der Waals surface area contributed by atoms with E-state index in [1.54, 1.807) is 18.2 Å². The summed E-state index contributed by atoms with van der Waals surface area (Å²) in [6.45, 7) is 2.61. The average molecular weight is 516 g/mol. The molecule has 9 nitrogen and oxygen atoms in total. The van der Waals surface area contributed by atoms with Gasteiger partial charge >= 0.3 is 6.03 Å². The summed E-state index contributed by atoms with van der Waals surface area (Å²) in [5, 5.41) is 13.0. The summed E-state index contributed by atoms with van der Waals surface area (Å²) in [6, 6.07) is 9.20. The number of nitro groups is 1. The van der Waals surface area contributed by atoms with Gasteiger partial charge in [0.05, 0.1) is 17.2 Å². The topological polar surface area (TPSA) is 119 Å². The molecule has 3 rings (SSSR count). The van der Waals surface area contributed by atoms with E-state index in [2.05, 4.69) is 28.2 Å². The zero-order chi connectivity index (χ0) is 24.0. The van der Waals surface area contributed by atoms with Crippen molar-refractivity contribution in [1.82, 2.24) is 5.32 Å². The minimum Gasteiger partial charge on any atom is -0.493 e. The van der Waals surface area contributed by atoms with Crippen molar-refractivity contribution >= 4 is 51.2 Å². The molecule has 1 heterocycles. The lowest BCUT2D eigenvalue weighted by atomic mass is 10.1. The lowest BCUT2D eigenvalue weighted by Gasteiger charge is -2.26. The SMILES string of the molecule is CCCCCCOc1ccc(Br)cc1/C=C1/C(=O)NC(=O)N(c2ccc([N+](=O)[O-])cc2)C1=O. The second-order valence-electron chi connectivity index (χ2n) is 7.32. The Balaban J connectivity index is 1.90. The number of hydrogen-bond donors (Lipinski definition) is 1. The van der Waals surface area contributed by atoms with Crippen LogP contribution in [-0.2, 0) is 9.59 Å². The number of benzene rings is 2. The predicted octanol–water partition coefficient (Wildman–Crippen LogP) is 4.98. The highest BCUT2D eigenvalue weighted by molar-refractivity contribution is 9.10. The molecule has 0 saturated carbocycles. The van der Waals surface area contributed by atoms with Crippen LogP contribution in [0.4, 0.5) is 16.2 Å². The number of carbonyl (C=O) groups is 3. The number of halogens is 1. The number of nitrogens with one attached hydrogen (secondary N) is 1. The van der Waals surface area contributed by atoms with E-state index in [0.717, 1.165) is 35.1 Å². The van der Waals surface area contributed by atoms with Gasteiger partial charge in [-0.3, -0.25) is 25.0 Å². The zero-order valence-electron chi connectivity index (χ0n) is 17.9. The van der Waals surface area contributed by atoms with Crippen LogP contribution in [0.5, 0.6) is 5.75 Å². The van der Waals surface area contributed by atoms with Gasteiger partial charge < -0.3 is 4.74 Å². The Morgan fingerprint density at radius 3 is 2.48 bits per heavy atom. The number of non-ortho nitro benzene ring substituents is 1. The Bertz CT molecular complexity index is 1110. The van der Waals surface area contributed by atoms with Gasteiger partial charge in [-0.1, -0.05) is 42.1 Å². The quantitative estimate of drug-likeness (QED) is 0.165. The third kappa shape index (κ3) is 5.83. The second-order valence-corrected chi connectivity index (χ2v) is 8.24. The molecule has 2 aromatic carbocycles. The van der Waals surface area contributed by atoms with Gasteiger partial charge in [0.1, 0.15) is 11.3 Å². The highest BCUT2D eigenvalue weighted by Gasteiger charge is 2.37. The summed E-state index contributed by atoms with van der Waals surface area (Å²) in [7, 11) is 0. The van der Waals surface area contributed by atoms with Gasteiger partial charge in [-0.25, -0.2) is 9.69 Å². The summed E-state index contributed by atoms with van der Waals surface area (Å²) in [6.07, 6.45) is 5.51. The Morgan fingerprint density at radius 1 is 1.09 bits per heavy atom. The fourth-order valence-electron chi connectivity index (χ4n) is 3.25. The number of hydrogen-bond acceptors (Lipinski definition) is 6. The summed E-state index contributed by atoms with van der Waals surface area (Å²) >= 11 is 3.38. The van der Waals surface area contributed by atoms with E-state index in [1.165, 1.54) is 30.3 Å². The van der Waals surface area contributed by atoms with Crippen molar-refractivity contribution in [3.8, 4) is 5.75 Å². The van der Waals surface area contributed by atoms with Gasteiger partial charge in [0.2, 0.25) is 0 Å². The molecular formula is C23H22BrN3O6. The molecule has 0 unspecified atom stereocenters. The molecule has 4 amide bonds. The molecule has 0 aromatic heterocycles. The monoisotopic (exact) mass is 515 g/mol. The van der Waals surface area contributed by atoms with E-state index in [1.807, 2.05) is 0 Å².